The zero-order valence-corrected chi connectivity index (χ0v) is 19.0. The van der Waals surface area contributed by atoms with Gasteiger partial charge in [0.1, 0.15) is 11.6 Å². The van der Waals surface area contributed by atoms with Crippen molar-refractivity contribution in [2.45, 2.75) is 26.2 Å². The maximum atomic E-state index is 13.8. The minimum atomic E-state index is -0.507. The number of hydrogen-bond acceptors (Lipinski definition) is 5. The van der Waals surface area contributed by atoms with Crippen LogP contribution in [0, 0.1) is 5.82 Å². The molecule has 0 aliphatic carbocycles. The molecular formula is C24H25FN2O4S. The highest BCUT2D eigenvalue weighted by atomic mass is 32.2. The highest BCUT2D eigenvalue weighted by molar-refractivity contribution is 8.18. The summed E-state index contributed by atoms with van der Waals surface area (Å²) in [5, 5.41) is 2.17. The molecule has 1 heterocycles. The fourth-order valence-electron chi connectivity index (χ4n) is 2.98. The summed E-state index contributed by atoms with van der Waals surface area (Å²) in [6, 6.07) is 13.6. The predicted octanol–water partition coefficient (Wildman–Crippen LogP) is 4.35. The van der Waals surface area contributed by atoms with Crippen molar-refractivity contribution in [2.75, 3.05) is 19.7 Å². The summed E-state index contributed by atoms with van der Waals surface area (Å²) in [5.41, 5.74) is 1.43. The van der Waals surface area contributed by atoms with Gasteiger partial charge in [-0.05, 0) is 47.0 Å². The number of carbonyl (C=O) groups is 3. The molecule has 0 atom stereocenters. The first-order valence-electron chi connectivity index (χ1n) is 10.1. The van der Waals surface area contributed by atoms with E-state index in [1.54, 1.807) is 12.1 Å². The van der Waals surface area contributed by atoms with E-state index in [0.29, 0.717) is 5.75 Å². The summed E-state index contributed by atoms with van der Waals surface area (Å²) < 4.78 is 19.3. The zero-order valence-electron chi connectivity index (χ0n) is 18.2. The Morgan fingerprint density at radius 3 is 2.47 bits per heavy atom. The highest BCUT2D eigenvalue weighted by Crippen LogP contribution is 2.32. The third-order valence-corrected chi connectivity index (χ3v) is 5.72. The Labute approximate surface area is 190 Å². The van der Waals surface area contributed by atoms with Crippen molar-refractivity contribution in [2.24, 2.45) is 0 Å². The Balaban J connectivity index is 1.46. The number of benzene rings is 2. The molecule has 0 radical (unpaired) electrons. The van der Waals surface area contributed by atoms with E-state index in [0.717, 1.165) is 22.2 Å². The Kier molecular flexibility index (Phi) is 7.35. The molecule has 1 aliphatic heterocycles. The molecule has 0 bridgehead atoms. The van der Waals surface area contributed by atoms with Gasteiger partial charge in [-0.3, -0.25) is 19.3 Å². The lowest BCUT2D eigenvalue weighted by Crippen LogP contribution is -2.38. The van der Waals surface area contributed by atoms with Gasteiger partial charge in [0.05, 0.1) is 4.91 Å². The van der Waals surface area contributed by atoms with Crippen LogP contribution in [0.4, 0.5) is 9.18 Å². The van der Waals surface area contributed by atoms with Gasteiger partial charge >= 0.3 is 0 Å². The van der Waals surface area contributed by atoms with E-state index in [-0.39, 0.29) is 41.5 Å². The van der Waals surface area contributed by atoms with Crippen molar-refractivity contribution in [3.8, 4) is 5.75 Å². The second kappa shape index (κ2) is 9.99. The van der Waals surface area contributed by atoms with E-state index in [1.165, 1.54) is 18.2 Å². The molecule has 2 aromatic carbocycles. The Bertz CT molecular complexity index is 1040. The minimum absolute atomic E-state index is 0.0191. The van der Waals surface area contributed by atoms with E-state index >= 15 is 0 Å². The normalized spacial score (nSPS) is 15.4. The van der Waals surface area contributed by atoms with Gasteiger partial charge in [-0.15, -0.1) is 0 Å². The van der Waals surface area contributed by atoms with Gasteiger partial charge in [-0.1, -0.05) is 51.1 Å². The molecule has 168 valence electrons. The number of nitrogens with one attached hydrogen (secondary N) is 1. The summed E-state index contributed by atoms with van der Waals surface area (Å²) in [6.45, 7) is 6.28. The van der Waals surface area contributed by atoms with E-state index in [1.807, 2.05) is 24.3 Å². The molecule has 0 spiro atoms. The summed E-state index contributed by atoms with van der Waals surface area (Å²) in [6.07, 6.45) is 1.36. The first kappa shape index (κ1) is 23.5. The molecule has 32 heavy (non-hydrogen) atoms. The topological polar surface area (TPSA) is 75.7 Å². The second-order valence-electron chi connectivity index (χ2n) is 8.27. The fraction of sp³-hybridized carbons (Fsp3) is 0.292. The van der Waals surface area contributed by atoms with Gasteiger partial charge in [0, 0.05) is 18.7 Å². The average Bonchev–Trinajstić information content (AvgIpc) is 3.01. The van der Waals surface area contributed by atoms with Crippen LogP contribution >= 0.6 is 11.8 Å². The summed E-state index contributed by atoms with van der Waals surface area (Å²) in [4.78, 5) is 37.8. The number of nitrogens with zero attached hydrogens (tertiary/aromatic N) is 1. The average molecular weight is 457 g/mol. The number of imide groups is 1. The van der Waals surface area contributed by atoms with Crippen molar-refractivity contribution in [1.82, 2.24) is 10.2 Å². The van der Waals surface area contributed by atoms with Crippen LogP contribution < -0.4 is 10.1 Å². The minimum Gasteiger partial charge on any atom is -0.484 e. The lowest BCUT2D eigenvalue weighted by molar-refractivity contribution is -0.125. The van der Waals surface area contributed by atoms with Crippen molar-refractivity contribution in [3.05, 3.63) is 70.4 Å². The summed E-state index contributed by atoms with van der Waals surface area (Å²) in [5.74, 6) is -0.761. The predicted molar refractivity (Wildman–Crippen MR) is 123 cm³/mol. The van der Waals surface area contributed by atoms with Crippen LogP contribution in [-0.2, 0) is 15.0 Å². The number of halogens is 1. The fourth-order valence-corrected chi connectivity index (χ4v) is 3.84. The second-order valence-corrected chi connectivity index (χ2v) is 9.26. The van der Waals surface area contributed by atoms with Crippen LogP contribution in [0.25, 0.3) is 6.08 Å². The molecule has 0 unspecified atom stereocenters. The molecule has 1 N–H and O–H groups in total. The number of ether oxygens (including phenoxy) is 1. The van der Waals surface area contributed by atoms with Gasteiger partial charge in [-0.25, -0.2) is 4.39 Å². The molecule has 1 fully saturated rings. The third-order valence-electron chi connectivity index (χ3n) is 4.81. The van der Waals surface area contributed by atoms with Crippen LogP contribution in [0.1, 0.15) is 31.9 Å². The number of thioether (sulfide) groups is 1. The maximum absolute atomic E-state index is 13.8. The zero-order chi connectivity index (χ0) is 23.3. The maximum Gasteiger partial charge on any atom is 0.293 e. The molecule has 0 saturated carbocycles. The van der Waals surface area contributed by atoms with Crippen LogP contribution in [0.2, 0.25) is 0 Å². The first-order valence-corrected chi connectivity index (χ1v) is 11.0. The Hall–Kier alpha value is -3.13. The van der Waals surface area contributed by atoms with Crippen LogP contribution in [0.5, 0.6) is 5.75 Å². The van der Waals surface area contributed by atoms with Crippen LogP contribution in [0.3, 0.4) is 0 Å². The lowest BCUT2D eigenvalue weighted by Gasteiger charge is -2.19. The van der Waals surface area contributed by atoms with Gasteiger partial charge < -0.3 is 10.1 Å². The molecule has 1 saturated heterocycles. The van der Waals surface area contributed by atoms with Crippen molar-refractivity contribution >= 4 is 34.9 Å². The van der Waals surface area contributed by atoms with Crippen molar-refractivity contribution in [3.63, 3.8) is 0 Å². The number of hydrogen-bond donors (Lipinski definition) is 1. The number of carbonyl (C=O) groups excluding carboxylic acids is 3. The molecule has 6 nitrogen and oxygen atoms in total. The summed E-state index contributed by atoms with van der Waals surface area (Å²) in [7, 11) is 0. The van der Waals surface area contributed by atoms with Gasteiger partial charge in [-0.2, -0.15) is 0 Å². The molecular weight excluding hydrogens is 431 g/mol. The molecule has 1 aliphatic rings. The van der Waals surface area contributed by atoms with Gasteiger partial charge in [0.2, 0.25) is 0 Å². The number of rotatable bonds is 7. The Morgan fingerprint density at radius 1 is 1.12 bits per heavy atom. The van der Waals surface area contributed by atoms with E-state index in [2.05, 4.69) is 26.1 Å². The Morgan fingerprint density at radius 2 is 1.81 bits per heavy atom. The van der Waals surface area contributed by atoms with Gasteiger partial charge in [0.25, 0.3) is 17.1 Å². The van der Waals surface area contributed by atoms with E-state index in [4.69, 9.17) is 4.74 Å². The van der Waals surface area contributed by atoms with Crippen LogP contribution in [-0.4, -0.2) is 41.6 Å². The molecule has 0 aromatic heterocycles. The standard InChI is InChI=1S/C24H25FN2O4S/c1-24(2,3)17-8-10-18(11-9-17)31-15-21(28)26-12-13-27-22(29)20(32-23(27)30)14-16-6-4-5-7-19(16)25/h4-11,14H,12-13,15H2,1-3H3,(H,26,28)/b20-14-. The third kappa shape index (κ3) is 5.97. The number of amides is 3. The molecule has 3 rings (SSSR count). The summed E-state index contributed by atoms with van der Waals surface area (Å²) >= 11 is 0.749. The largest absolute Gasteiger partial charge is 0.484 e. The monoisotopic (exact) mass is 456 g/mol. The quantitative estimate of drug-likeness (QED) is 0.627. The van der Waals surface area contributed by atoms with E-state index < -0.39 is 17.0 Å². The van der Waals surface area contributed by atoms with Crippen molar-refractivity contribution in [1.29, 1.82) is 0 Å². The molecule has 2 aromatic rings. The van der Waals surface area contributed by atoms with Crippen LogP contribution in [0.15, 0.2) is 53.4 Å². The van der Waals surface area contributed by atoms with Gasteiger partial charge in [0.15, 0.2) is 6.61 Å². The van der Waals surface area contributed by atoms with E-state index in [9.17, 15) is 18.8 Å². The first-order chi connectivity index (χ1) is 15.1. The lowest BCUT2D eigenvalue weighted by atomic mass is 9.87. The molecule has 8 heteroatoms. The smallest absolute Gasteiger partial charge is 0.293 e. The molecule has 3 amide bonds. The SMILES string of the molecule is CC(C)(C)c1ccc(OCC(=O)NCCN2C(=O)S/C(=C\c3ccccc3F)C2=O)cc1. The highest BCUT2D eigenvalue weighted by Gasteiger charge is 2.34. The van der Waals surface area contributed by atoms with Crippen molar-refractivity contribution < 1.29 is 23.5 Å².